The van der Waals surface area contributed by atoms with E-state index in [1.54, 1.807) is 30.1 Å². The zero-order chi connectivity index (χ0) is 14.8. The normalized spacial score (nSPS) is 10.6. The summed E-state index contributed by atoms with van der Waals surface area (Å²) in [6.07, 6.45) is 0. The lowest BCUT2D eigenvalue weighted by molar-refractivity contribution is 0.391. The molecule has 0 atom stereocenters. The quantitative estimate of drug-likeness (QED) is 0.801. The fourth-order valence-electron chi connectivity index (χ4n) is 2.13. The van der Waals surface area contributed by atoms with Crippen molar-refractivity contribution in [3.8, 4) is 27.9 Å². The highest BCUT2D eigenvalue weighted by Crippen LogP contribution is 2.37. The van der Waals surface area contributed by atoms with Crippen molar-refractivity contribution in [3.63, 3.8) is 0 Å². The first-order chi connectivity index (χ1) is 10.3. The molecule has 2 N–H and O–H groups in total. The Balaban J connectivity index is 2.29. The third-order valence-electron chi connectivity index (χ3n) is 3.06. The SMILES string of the molecule is COc1cccc(OC)c1-n1c(N)nnc1-c1cccs1. The number of hydrogen-bond donors (Lipinski definition) is 1. The summed E-state index contributed by atoms with van der Waals surface area (Å²) >= 11 is 1.56. The largest absolute Gasteiger partial charge is 0.494 e. The van der Waals surface area contributed by atoms with Gasteiger partial charge in [0.05, 0.1) is 19.1 Å². The van der Waals surface area contributed by atoms with E-state index in [1.165, 1.54) is 0 Å². The average molecular weight is 302 g/mol. The molecule has 0 unspecified atom stereocenters. The fraction of sp³-hybridized carbons (Fsp3) is 0.143. The van der Waals surface area contributed by atoms with Gasteiger partial charge in [0.1, 0.15) is 17.2 Å². The Hall–Kier alpha value is -2.54. The predicted molar refractivity (Wildman–Crippen MR) is 82.2 cm³/mol. The number of ether oxygens (including phenoxy) is 2. The molecule has 6 nitrogen and oxygen atoms in total. The van der Waals surface area contributed by atoms with Gasteiger partial charge in [-0.3, -0.25) is 4.57 Å². The second kappa shape index (κ2) is 5.45. The molecule has 2 heterocycles. The monoisotopic (exact) mass is 302 g/mol. The number of thiophene rings is 1. The lowest BCUT2D eigenvalue weighted by Gasteiger charge is -2.15. The van der Waals surface area contributed by atoms with Crippen LogP contribution in [0.2, 0.25) is 0 Å². The molecule has 0 saturated heterocycles. The van der Waals surface area contributed by atoms with Crippen LogP contribution < -0.4 is 15.2 Å². The zero-order valence-electron chi connectivity index (χ0n) is 11.6. The third kappa shape index (κ3) is 2.21. The van der Waals surface area contributed by atoms with Crippen LogP contribution in [-0.2, 0) is 0 Å². The van der Waals surface area contributed by atoms with Crippen molar-refractivity contribution in [1.29, 1.82) is 0 Å². The molecule has 0 aliphatic heterocycles. The van der Waals surface area contributed by atoms with Gasteiger partial charge in [-0.15, -0.1) is 21.5 Å². The van der Waals surface area contributed by atoms with E-state index in [0.29, 0.717) is 23.0 Å². The lowest BCUT2D eigenvalue weighted by Crippen LogP contribution is -2.06. The van der Waals surface area contributed by atoms with Crippen LogP contribution in [0.5, 0.6) is 11.5 Å². The number of benzene rings is 1. The van der Waals surface area contributed by atoms with Gasteiger partial charge in [0.25, 0.3) is 0 Å². The predicted octanol–water partition coefficient (Wildman–Crippen LogP) is 2.60. The molecule has 7 heteroatoms. The van der Waals surface area contributed by atoms with Crippen molar-refractivity contribution in [3.05, 3.63) is 35.7 Å². The van der Waals surface area contributed by atoms with E-state index in [4.69, 9.17) is 15.2 Å². The van der Waals surface area contributed by atoms with E-state index in [9.17, 15) is 0 Å². The van der Waals surface area contributed by atoms with Gasteiger partial charge in [0.15, 0.2) is 5.82 Å². The van der Waals surface area contributed by atoms with Crippen molar-refractivity contribution >= 4 is 17.3 Å². The Morgan fingerprint density at radius 2 is 1.76 bits per heavy atom. The number of anilines is 1. The van der Waals surface area contributed by atoms with E-state index in [-0.39, 0.29) is 5.95 Å². The number of para-hydroxylation sites is 1. The molecule has 0 fully saturated rings. The van der Waals surface area contributed by atoms with Crippen LogP contribution in [0.15, 0.2) is 35.7 Å². The highest BCUT2D eigenvalue weighted by molar-refractivity contribution is 7.13. The lowest BCUT2D eigenvalue weighted by atomic mass is 10.2. The molecule has 1 aromatic carbocycles. The summed E-state index contributed by atoms with van der Waals surface area (Å²) in [4.78, 5) is 0.965. The molecule has 0 amide bonds. The van der Waals surface area contributed by atoms with Crippen LogP contribution in [0.1, 0.15) is 0 Å². The van der Waals surface area contributed by atoms with E-state index < -0.39 is 0 Å². The van der Waals surface area contributed by atoms with Crippen molar-refractivity contribution in [1.82, 2.24) is 14.8 Å². The molecule has 0 spiro atoms. The minimum Gasteiger partial charge on any atom is -0.494 e. The molecule has 3 rings (SSSR count). The van der Waals surface area contributed by atoms with Crippen LogP contribution in [0.3, 0.4) is 0 Å². The molecule has 3 aromatic rings. The first-order valence-electron chi connectivity index (χ1n) is 6.22. The molecule has 21 heavy (non-hydrogen) atoms. The summed E-state index contributed by atoms with van der Waals surface area (Å²) in [5, 5.41) is 10.1. The number of nitrogen functional groups attached to an aromatic ring is 1. The first-order valence-corrected chi connectivity index (χ1v) is 7.10. The van der Waals surface area contributed by atoms with Crippen molar-refractivity contribution < 1.29 is 9.47 Å². The van der Waals surface area contributed by atoms with E-state index in [2.05, 4.69) is 10.2 Å². The summed E-state index contributed by atoms with van der Waals surface area (Å²) in [5.41, 5.74) is 6.70. The molecule has 2 aromatic heterocycles. The van der Waals surface area contributed by atoms with Gasteiger partial charge >= 0.3 is 0 Å². The van der Waals surface area contributed by atoms with Gasteiger partial charge in [0, 0.05) is 0 Å². The van der Waals surface area contributed by atoms with Gasteiger partial charge in [-0.25, -0.2) is 0 Å². The van der Waals surface area contributed by atoms with Gasteiger partial charge < -0.3 is 15.2 Å². The van der Waals surface area contributed by atoms with E-state index >= 15 is 0 Å². The number of nitrogens with two attached hydrogens (primary N) is 1. The minimum absolute atomic E-state index is 0.279. The maximum atomic E-state index is 6.01. The summed E-state index contributed by atoms with van der Waals surface area (Å²) < 4.78 is 12.6. The van der Waals surface area contributed by atoms with Crippen LogP contribution >= 0.6 is 11.3 Å². The maximum Gasteiger partial charge on any atom is 0.227 e. The molecular weight excluding hydrogens is 288 g/mol. The van der Waals surface area contributed by atoms with Gasteiger partial charge in [-0.2, -0.15) is 0 Å². The Kier molecular flexibility index (Phi) is 3.49. The molecule has 0 aliphatic carbocycles. The Morgan fingerprint density at radius 1 is 1.05 bits per heavy atom. The van der Waals surface area contributed by atoms with Crippen LogP contribution in [-0.4, -0.2) is 29.0 Å². The van der Waals surface area contributed by atoms with Gasteiger partial charge in [0.2, 0.25) is 5.95 Å². The highest BCUT2D eigenvalue weighted by Gasteiger charge is 2.21. The fourth-order valence-corrected chi connectivity index (χ4v) is 2.83. The third-order valence-corrected chi connectivity index (χ3v) is 3.92. The number of methoxy groups -OCH3 is 2. The molecule has 0 saturated carbocycles. The zero-order valence-corrected chi connectivity index (χ0v) is 12.4. The standard InChI is InChI=1S/C14H14N4O2S/c1-19-9-5-3-6-10(20-2)12(9)18-13(16-17-14(18)15)11-7-4-8-21-11/h3-8H,1-2H3,(H2,15,17). The number of rotatable bonds is 4. The Morgan fingerprint density at radius 3 is 2.33 bits per heavy atom. The summed E-state index contributed by atoms with van der Waals surface area (Å²) in [6.45, 7) is 0. The highest BCUT2D eigenvalue weighted by atomic mass is 32.1. The molecule has 0 bridgehead atoms. The molecule has 108 valence electrons. The second-order valence-corrected chi connectivity index (χ2v) is 5.15. The van der Waals surface area contributed by atoms with Crippen molar-refractivity contribution in [2.24, 2.45) is 0 Å². The van der Waals surface area contributed by atoms with Gasteiger partial charge in [-0.05, 0) is 23.6 Å². The minimum atomic E-state index is 0.279. The molecular formula is C14H14N4O2S. The van der Waals surface area contributed by atoms with Crippen molar-refractivity contribution in [2.75, 3.05) is 20.0 Å². The van der Waals surface area contributed by atoms with Crippen molar-refractivity contribution in [2.45, 2.75) is 0 Å². The number of nitrogens with zero attached hydrogens (tertiary/aromatic N) is 3. The van der Waals surface area contributed by atoms with E-state index in [0.717, 1.165) is 4.88 Å². The molecule has 0 aliphatic rings. The molecule has 0 radical (unpaired) electrons. The maximum absolute atomic E-state index is 6.01. The summed E-state index contributed by atoms with van der Waals surface area (Å²) in [7, 11) is 3.20. The Labute approximate surface area is 125 Å². The van der Waals surface area contributed by atoms with Crippen LogP contribution in [0.4, 0.5) is 5.95 Å². The first kappa shape index (κ1) is 13.4. The van der Waals surface area contributed by atoms with Crippen LogP contribution in [0.25, 0.3) is 16.4 Å². The van der Waals surface area contributed by atoms with E-state index in [1.807, 2.05) is 35.7 Å². The average Bonchev–Trinajstić information content (AvgIpc) is 3.15. The number of hydrogen-bond acceptors (Lipinski definition) is 6. The summed E-state index contributed by atoms with van der Waals surface area (Å²) in [6, 6.07) is 9.46. The summed E-state index contributed by atoms with van der Waals surface area (Å²) in [5.74, 6) is 2.21. The topological polar surface area (TPSA) is 75.2 Å². The Bertz CT molecular complexity index is 730. The smallest absolute Gasteiger partial charge is 0.227 e. The second-order valence-electron chi connectivity index (χ2n) is 4.21. The number of aromatic nitrogens is 3. The van der Waals surface area contributed by atoms with Crippen LogP contribution in [0, 0.1) is 0 Å². The van der Waals surface area contributed by atoms with Gasteiger partial charge in [-0.1, -0.05) is 12.1 Å².